The summed E-state index contributed by atoms with van der Waals surface area (Å²) in [5.41, 5.74) is -0.0741. The lowest BCUT2D eigenvalue weighted by atomic mass is 10.3. The lowest BCUT2D eigenvalue weighted by Gasteiger charge is -2.00. The minimum Gasteiger partial charge on any atom is -0.476 e. The number of aromatic carboxylic acids is 1. The number of carbonyl (C=O) groups is 2. The minimum absolute atomic E-state index is 0.0741. The Hall–Kier alpha value is -1.43. The van der Waals surface area contributed by atoms with Crippen molar-refractivity contribution >= 4 is 23.2 Å². The first kappa shape index (κ1) is 11.1. The molecule has 2 atom stereocenters. The third kappa shape index (κ3) is 2.38. The molecule has 1 aliphatic carbocycles. The number of nitrogens with zero attached hydrogens (tertiary/aromatic N) is 1. The normalized spacial score (nSPS) is 22.8. The van der Waals surface area contributed by atoms with E-state index < -0.39 is 5.97 Å². The second-order valence-corrected chi connectivity index (χ2v) is 4.88. The van der Waals surface area contributed by atoms with Crippen LogP contribution in [0.5, 0.6) is 0 Å². The SMILES string of the molecule is CC1CC1CNC(=O)c1nc(C(=O)O)cs1. The molecule has 1 saturated carbocycles. The van der Waals surface area contributed by atoms with Crippen LogP contribution in [-0.4, -0.2) is 28.5 Å². The second kappa shape index (κ2) is 4.21. The van der Waals surface area contributed by atoms with Crippen LogP contribution in [0.25, 0.3) is 0 Å². The third-order valence-electron chi connectivity index (χ3n) is 2.72. The maximum Gasteiger partial charge on any atom is 0.355 e. The molecule has 1 fully saturated rings. The van der Waals surface area contributed by atoms with Gasteiger partial charge in [-0.05, 0) is 18.3 Å². The van der Waals surface area contributed by atoms with Gasteiger partial charge < -0.3 is 10.4 Å². The van der Waals surface area contributed by atoms with Crippen molar-refractivity contribution in [1.29, 1.82) is 0 Å². The number of carboxylic acids is 1. The van der Waals surface area contributed by atoms with Crippen LogP contribution in [-0.2, 0) is 0 Å². The summed E-state index contributed by atoms with van der Waals surface area (Å²) < 4.78 is 0. The highest BCUT2D eigenvalue weighted by molar-refractivity contribution is 7.11. The van der Waals surface area contributed by atoms with Gasteiger partial charge in [0.25, 0.3) is 5.91 Å². The molecule has 5 nitrogen and oxygen atoms in total. The van der Waals surface area contributed by atoms with Crippen LogP contribution in [0.1, 0.15) is 33.6 Å². The van der Waals surface area contributed by atoms with E-state index in [1.54, 1.807) is 0 Å². The summed E-state index contributed by atoms with van der Waals surface area (Å²) in [5.74, 6) is -0.128. The molecule has 0 bridgehead atoms. The topological polar surface area (TPSA) is 79.3 Å². The molecule has 2 rings (SSSR count). The van der Waals surface area contributed by atoms with Crippen molar-refractivity contribution < 1.29 is 14.7 Å². The van der Waals surface area contributed by atoms with Gasteiger partial charge in [-0.3, -0.25) is 4.79 Å². The molecule has 1 aromatic rings. The van der Waals surface area contributed by atoms with Gasteiger partial charge in [0.05, 0.1) is 0 Å². The Morgan fingerprint density at radius 2 is 2.38 bits per heavy atom. The molecule has 1 aromatic heterocycles. The maximum absolute atomic E-state index is 11.6. The summed E-state index contributed by atoms with van der Waals surface area (Å²) in [6, 6.07) is 0. The van der Waals surface area contributed by atoms with Crippen molar-refractivity contribution in [3.63, 3.8) is 0 Å². The molecular formula is C10H12N2O3S. The van der Waals surface area contributed by atoms with E-state index in [0.29, 0.717) is 18.4 Å². The standard InChI is InChI=1S/C10H12N2O3S/c1-5-2-6(5)3-11-8(13)9-12-7(4-16-9)10(14)15/h4-6H,2-3H2,1H3,(H,11,13)(H,14,15). The van der Waals surface area contributed by atoms with E-state index in [0.717, 1.165) is 17.8 Å². The van der Waals surface area contributed by atoms with Crippen LogP contribution in [0.3, 0.4) is 0 Å². The first-order chi connectivity index (χ1) is 7.58. The van der Waals surface area contributed by atoms with E-state index >= 15 is 0 Å². The van der Waals surface area contributed by atoms with Crippen molar-refractivity contribution in [3.8, 4) is 0 Å². The van der Waals surface area contributed by atoms with Gasteiger partial charge in [0.2, 0.25) is 0 Å². The quantitative estimate of drug-likeness (QED) is 0.829. The predicted octanol–water partition coefficient (Wildman–Crippen LogP) is 1.23. The summed E-state index contributed by atoms with van der Waals surface area (Å²) in [5, 5.41) is 13.0. The van der Waals surface area contributed by atoms with Gasteiger partial charge in [-0.1, -0.05) is 6.92 Å². The number of nitrogens with one attached hydrogen (secondary N) is 1. The van der Waals surface area contributed by atoms with E-state index in [9.17, 15) is 9.59 Å². The van der Waals surface area contributed by atoms with E-state index in [1.807, 2.05) is 0 Å². The summed E-state index contributed by atoms with van der Waals surface area (Å²) in [6.07, 6.45) is 1.15. The fraction of sp³-hybridized carbons (Fsp3) is 0.500. The van der Waals surface area contributed by atoms with Gasteiger partial charge >= 0.3 is 5.97 Å². The third-order valence-corrected chi connectivity index (χ3v) is 3.56. The zero-order chi connectivity index (χ0) is 11.7. The molecular weight excluding hydrogens is 228 g/mol. The van der Waals surface area contributed by atoms with Crippen LogP contribution in [0.4, 0.5) is 0 Å². The number of amides is 1. The zero-order valence-electron chi connectivity index (χ0n) is 8.77. The Labute approximate surface area is 96.5 Å². The van der Waals surface area contributed by atoms with Crippen molar-refractivity contribution in [1.82, 2.24) is 10.3 Å². The van der Waals surface area contributed by atoms with Crippen LogP contribution in [0, 0.1) is 11.8 Å². The Bertz CT molecular complexity index is 429. The van der Waals surface area contributed by atoms with Gasteiger partial charge in [0.15, 0.2) is 10.7 Å². The summed E-state index contributed by atoms with van der Waals surface area (Å²) in [6.45, 7) is 2.80. The summed E-state index contributed by atoms with van der Waals surface area (Å²) in [7, 11) is 0. The number of hydrogen-bond donors (Lipinski definition) is 2. The van der Waals surface area contributed by atoms with Gasteiger partial charge in [-0.15, -0.1) is 11.3 Å². The molecule has 2 N–H and O–H groups in total. The Morgan fingerprint density at radius 1 is 1.69 bits per heavy atom. The highest BCUT2D eigenvalue weighted by atomic mass is 32.1. The van der Waals surface area contributed by atoms with Gasteiger partial charge in [-0.25, -0.2) is 9.78 Å². The van der Waals surface area contributed by atoms with E-state index in [-0.39, 0.29) is 16.6 Å². The molecule has 1 amide bonds. The fourth-order valence-electron chi connectivity index (χ4n) is 1.46. The minimum atomic E-state index is -1.11. The van der Waals surface area contributed by atoms with E-state index in [1.165, 1.54) is 5.38 Å². The van der Waals surface area contributed by atoms with Crippen molar-refractivity contribution in [3.05, 3.63) is 16.1 Å². The number of hydrogen-bond acceptors (Lipinski definition) is 4. The number of thiazole rings is 1. The molecule has 1 aliphatic rings. The number of carbonyl (C=O) groups excluding carboxylic acids is 1. The molecule has 0 spiro atoms. The smallest absolute Gasteiger partial charge is 0.355 e. The Kier molecular flexibility index (Phi) is 2.91. The fourth-order valence-corrected chi connectivity index (χ4v) is 2.17. The van der Waals surface area contributed by atoms with Crippen LogP contribution in [0.2, 0.25) is 0 Å². The monoisotopic (exact) mass is 240 g/mol. The Morgan fingerprint density at radius 3 is 2.88 bits per heavy atom. The van der Waals surface area contributed by atoms with Gasteiger partial charge in [0, 0.05) is 11.9 Å². The maximum atomic E-state index is 11.6. The molecule has 1 heterocycles. The molecule has 0 aliphatic heterocycles. The van der Waals surface area contributed by atoms with Gasteiger partial charge in [0.1, 0.15) is 0 Å². The summed E-state index contributed by atoms with van der Waals surface area (Å²) >= 11 is 1.05. The number of carboxylic acid groups (broad SMARTS) is 1. The van der Waals surface area contributed by atoms with Crippen LogP contribution < -0.4 is 5.32 Å². The van der Waals surface area contributed by atoms with Crippen molar-refractivity contribution in [2.45, 2.75) is 13.3 Å². The molecule has 0 radical (unpaired) electrons. The molecule has 6 heteroatoms. The first-order valence-electron chi connectivity index (χ1n) is 5.05. The lowest BCUT2D eigenvalue weighted by Crippen LogP contribution is -2.25. The predicted molar refractivity (Wildman–Crippen MR) is 58.7 cm³/mol. The highest BCUT2D eigenvalue weighted by Gasteiger charge is 2.32. The van der Waals surface area contributed by atoms with Crippen LogP contribution in [0.15, 0.2) is 5.38 Å². The number of rotatable bonds is 4. The highest BCUT2D eigenvalue weighted by Crippen LogP contribution is 2.36. The zero-order valence-corrected chi connectivity index (χ0v) is 9.58. The first-order valence-corrected chi connectivity index (χ1v) is 5.93. The van der Waals surface area contributed by atoms with Crippen molar-refractivity contribution in [2.75, 3.05) is 6.54 Å². The molecule has 0 saturated heterocycles. The largest absolute Gasteiger partial charge is 0.476 e. The molecule has 0 aromatic carbocycles. The van der Waals surface area contributed by atoms with Gasteiger partial charge in [-0.2, -0.15) is 0 Å². The second-order valence-electron chi connectivity index (χ2n) is 4.03. The molecule has 16 heavy (non-hydrogen) atoms. The number of aromatic nitrogens is 1. The average Bonchev–Trinajstić information content (AvgIpc) is 2.78. The van der Waals surface area contributed by atoms with Crippen molar-refractivity contribution in [2.24, 2.45) is 11.8 Å². The molecule has 86 valence electrons. The van der Waals surface area contributed by atoms with Crippen LogP contribution >= 0.6 is 11.3 Å². The molecule has 2 unspecified atom stereocenters. The Balaban J connectivity index is 1.90. The van der Waals surface area contributed by atoms with E-state index in [4.69, 9.17) is 5.11 Å². The van der Waals surface area contributed by atoms with E-state index in [2.05, 4.69) is 17.2 Å². The lowest BCUT2D eigenvalue weighted by molar-refractivity contribution is 0.0691. The summed E-state index contributed by atoms with van der Waals surface area (Å²) in [4.78, 5) is 25.9. The average molecular weight is 240 g/mol.